The topological polar surface area (TPSA) is 59.0 Å². The van der Waals surface area contributed by atoms with Crippen LogP contribution in [0.25, 0.3) is 11.3 Å². The quantitative estimate of drug-likeness (QED) is 0.740. The van der Waals surface area contributed by atoms with Crippen molar-refractivity contribution in [3.63, 3.8) is 0 Å². The number of carbonyl (C=O) groups excluding carboxylic acids is 1. The van der Waals surface area contributed by atoms with Crippen LogP contribution in [0.4, 0.5) is 4.39 Å². The summed E-state index contributed by atoms with van der Waals surface area (Å²) in [6, 6.07) is 15.6. The zero-order chi connectivity index (χ0) is 18.1. The van der Waals surface area contributed by atoms with Crippen LogP contribution in [0, 0.1) is 5.82 Å². The van der Waals surface area contributed by atoms with Crippen molar-refractivity contribution in [3.05, 3.63) is 76.7 Å². The molecular formula is C19H16ClFN4O. The van der Waals surface area contributed by atoms with Gasteiger partial charge in [0.15, 0.2) is 0 Å². The standard InChI is InChI=1S/C19H16ClFN4O/c20-14-7-5-12(6-8-14)16-9-17-19(26)23-11-18(25(17)24-16)22-10-13-3-1-2-4-15(13)21/h1-9,18,22H,10-11H2,(H,23,26). The van der Waals surface area contributed by atoms with Gasteiger partial charge in [0, 0.05) is 22.7 Å². The summed E-state index contributed by atoms with van der Waals surface area (Å²) in [7, 11) is 0. The van der Waals surface area contributed by atoms with Gasteiger partial charge in [-0.1, -0.05) is 41.9 Å². The predicted molar refractivity (Wildman–Crippen MR) is 97.3 cm³/mol. The lowest BCUT2D eigenvalue weighted by Gasteiger charge is -2.25. The summed E-state index contributed by atoms with van der Waals surface area (Å²) in [6.45, 7) is 0.713. The van der Waals surface area contributed by atoms with Crippen molar-refractivity contribution < 1.29 is 9.18 Å². The number of amides is 1. The van der Waals surface area contributed by atoms with Gasteiger partial charge < -0.3 is 5.32 Å². The summed E-state index contributed by atoms with van der Waals surface area (Å²) in [5, 5.41) is 11.3. The highest BCUT2D eigenvalue weighted by Gasteiger charge is 2.27. The van der Waals surface area contributed by atoms with Crippen molar-refractivity contribution in [1.29, 1.82) is 0 Å². The molecule has 5 nitrogen and oxygen atoms in total. The van der Waals surface area contributed by atoms with Crippen LogP contribution < -0.4 is 10.6 Å². The number of hydrogen-bond donors (Lipinski definition) is 2. The fourth-order valence-electron chi connectivity index (χ4n) is 2.96. The Hall–Kier alpha value is -2.70. The Morgan fingerprint density at radius 1 is 1.23 bits per heavy atom. The Balaban J connectivity index is 1.60. The normalized spacial score (nSPS) is 16.2. The molecule has 2 aromatic carbocycles. The van der Waals surface area contributed by atoms with Gasteiger partial charge >= 0.3 is 0 Å². The predicted octanol–water partition coefficient (Wildman–Crippen LogP) is 3.37. The molecule has 1 atom stereocenters. The van der Waals surface area contributed by atoms with E-state index in [1.54, 1.807) is 41.1 Å². The van der Waals surface area contributed by atoms with Gasteiger partial charge in [-0.3, -0.25) is 10.1 Å². The minimum absolute atomic E-state index is 0.179. The Kier molecular flexibility index (Phi) is 4.44. The van der Waals surface area contributed by atoms with E-state index >= 15 is 0 Å². The van der Waals surface area contributed by atoms with E-state index in [-0.39, 0.29) is 17.9 Å². The first-order valence-corrected chi connectivity index (χ1v) is 8.60. The summed E-state index contributed by atoms with van der Waals surface area (Å²) in [6.07, 6.45) is -0.261. The maximum absolute atomic E-state index is 13.8. The van der Waals surface area contributed by atoms with Crippen LogP contribution >= 0.6 is 11.6 Å². The SMILES string of the molecule is O=C1NCC(NCc2ccccc2F)n2nc(-c3ccc(Cl)cc3)cc21. The molecule has 2 heterocycles. The molecular weight excluding hydrogens is 355 g/mol. The number of rotatable bonds is 4. The van der Waals surface area contributed by atoms with Crippen LogP contribution in [0.15, 0.2) is 54.6 Å². The molecule has 0 fully saturated rings. The van der Waals surface area contributed by atoms with Crippen molar-refractivity contribution >= 4 is 17.5 Å². The number of fused-ring (bicyclic) bond motifs is 1. The summed E-state index contributed by atoms with van der Waals surface area (Å²) < 4.78 is 15.5. The summed E-state index contributed by atoms with van der Waals surface area (Å²) in [4.78, 5) is 12.2. The van der Waals surface area contributed by atoms with E-state index in [4.69, 9.17) is 11.6 Å². The molecule has 4 rings (SSSR count). The third kappa shape index (κ3) is 3.21. The molecule has 0 saturated heterocycles. The van der Waals surface area contributed by atoms with Crippen LogP contribution in [0.1, 0.15) is 22.2 Å². The molecule has 1 aromatic heterocycles. The van der Waals surface area contributed by atoms with Gasteiger partial charge in [0.25, 0.3) is 5.91 Å². The molecule has 1 amide bonds. The summed E-state index contributed by atoms with van der Waals surface area (Å²) in [5.41, 5.74) is 2.59. The largest absolute Gasteiger partial charge is 0.347 e. The molecule has 1 aliphatic heterocycles. The monoisotopic (exact) mass is 370 g/mol. The maximum atomic E-state index is 13.8. The van der Waals surface area contributed by atoms with Crippen LogP contribution in [0.2, 0.25) is 5.02 Å². The Labute approximate surface area is 154 Å². The minimum Gasteiger partial charge on any atom is -0.347 e. The lowest BCUT2D eigenvalue weighted by Crippen LogP contribution is -2.45. The average molecular weight is 371 g/mol. The van der Waals surface area contributed by atoms with E-state index in [1.165, 1.54) is 6.07 Å². The zero-order valence-corrected chi connectivity index (χ0v) is 14.5. The molecule has 0 saturated carbocycles. The number of hydrogen-bond acceptors (Lipinski definition) is 3. The fourth-order valence-corrected chi connectivity index (χ4v) is 3.08. The summed E-state index contributed by atoms with van der Waals surface area (Å²) in [5.74, 6) is -0.441. The van der Waals surface area contributed by atoms with Crippen molar-refractivity contribution in [2.24, 2.45) is 0 Å². The van der Waals surface area contributed by atoms with Crippen LogP contribution in [0.5, 0.6) is 0 Å². The Morgan fingerprint density at radius 2 is 2.00 bits per heavy atom. The number of nitrogens with one attached hydrogen (secondary N) is 2. The van der Waals surface area contributed by atoms with E-state index in [2.05, 4.69) is 15.7 Å². The molecule has 0 bridgehead atoms. The second kappa shape index (κ2) is 6.90. The number of carbonyl (C=O) groups is 1. The number of aromatic nitrogens is 2. The first-order valence-electron chi connectivity index (χ1n) is 8.22. The number of nitrogens with zero attached hydrogens (tertiary/aromatic N) is 2. The van der Waals surface area contributed by atoms with Crippen LogP contribution in [0.3, 0.4) is 0 Å². The van der Waals surface area contributed by atoms with E-state index in [0.717, 1.165) is 5.56 Å². The van der Waals surface area contributed by atoms with Crippen molar-refractivity contribution in [3.8, 4) is 11.3 Å². The van der Waals surface area contributed by atoms with Crippen molar-refractivity contribution in [1.82, 2.24) is 20.4 Å². The second-order valence-corrected chi connectivity index (χ2v) is 6.50. The molecule has 3 aromatic rings. The molecule has 26 heavy (non-hydrogen) atoms. The van der Waals surface area contributed by atoms with Crippen LogP contribution in [-0.2, 0) is 6.54 Å². The lowest BCUT2D eigenvalue weighted by molar-refractivity contribution is 0.0900. The molecule has 0 aliphatic carbocycles. The highest BCUT2D eigenvalue weighted by atomic mass is 35.5. The van der Waals surface area contributed by atoms with E-state index < -0.39 is 0 Å². The van der Waals surface area contributed by atoms with Gasteiger partial charge in [-0.25, -0.2) is 9.07 Å². The molecule has 7 heteroatoms. The third-order valence-corrected chi connectivity index (χ3v) is 4.60. The van der Waals surface area contributed by atoms with Gasteiger partial charge in [-0.2, -0.15) is 5.10 Å². The number of halogens is 2. The van der Waals surface area contributed by atoms with E-state index in [9.17, 15) is 9.18 Å². The van der Waals surface area contributed by atoms with Gasteiger partial charge in [0.1, 0.15) is 17.7 Å². The highest BCUT2D eigenvalue weighted by molar-refractivity contribution is 6.30. The molecule has 0 radical (unpaired) electrons. The molecule has 132 valence electrons. The van der Waals surface area contributed by atoms with Gasteiger partial charge in [0.05, 0.1) is 12.2 Å². The Morgan fingerprint density at radius 3 is 2.77 bits per heavy atom. The maximum Gasteiger partial charge on any atom is 0.269 e. The number of benzene rings is 2. The minimum atomic E-state index is -0.262. The first-order chi connectivity index (χ1) is 12.6. The smallest absolute Gasteiger partial charge is 0.269 e. The van der Waals surface area contributed by atoms with E-state index in [0.29, 0.717) is 35.1 Å². The fraction of sp³-hybridized carbons (Fsp3) is 0.158. The van der Waals surface area contributed by atoms with E-state index in [1.807, 2.05) is 12.1 Å². The molecule has 0 spiro atoms. The van der Waals surface area contributed by atoms with Gasteiger partial charge in [-0.05, 0) is 24.3 Å². The first kappa shape index (κ1) is 16.8. The van der Waals surface area contributed by atoms with Crippen molar-refractivity contribution in [2.45, 2.75) is 12.7 Å². The van der Waals surface area contributed by atoms with Crippen LogP contribution in [-0.4, -0.2) is 22.2 Å². The average Bonchev–Trinajstić information content (AvgIpc) is 3.09. The molecule has 1 aliphatic rings. The molecule has 2 N–H and O–H groups in total. The Bertz CT molecular complexity index is 954. The summed E-state index contributed by atoms with van der Waals surface area (Å²) >= 11 is 5.93. The van der Waals surface area contributed by atoms with Gasteiger partial charge in [-0.15, -0.1) is 0 Å². The third-order valence-electron chi connectivity index (χ3n) is 4.35. The zero-order valence-electron chi connectivity index (χ0n) is 13.7. The lowest BCUT2D eigenvalue weighted by atomic mass is 10.1. The second-order valence-electron chi connectivity index (χ2n) is 6.06. The highest BCUT2D eigenvalue weighted by Crippen LogP contribution is 2.24. The van der Waals surface area contributed by atoms with Crippen molar-refractivity contribution in [2.75, 3.05) is 6.54 Å². The van der Waals surface area contributed by atoms with Gasteiger partial charge in [0.2, 0.25) is 0 Å². The molecule has 1 unspecified atom stereocenters.